The first kappa shape index (κ1) is 17.2. The van der Waals surface area contributed by atoms with Gasteiger partial charge in [0, 0.05) is 43.6 Å². The summed E-state index contributed by atoms with van der Waals surface area (Å²) in [6, 6.07) is 8.59. The molecule has 1 amide bonds. The summed E-state index contributed by atoms with van der Waals surface area (Å²) < 4.78 is 4.49. The number of piperazine rings is 1. The Morgan fingerprint density at radius 1 is 1.33 bits per heavy atom. The molecular weight excluding hydrogens is 344 g/mol. The maximum absolute atomic E-state index is 11.8. The molecule has 0 N–H and O–H groups in total. The minimum Gasteiger partial charge on any atom is -0.343 e. The monoisotopic (exact) mass is 364 g/mol. The van der Waals surface area contributed by atoms with E-state index in [2.05, 4.69) is 45.4 Å². The van der Waals surface area contributed by atoms with E-state index in [-0.39, 0.29) is 17.8 Å². The molecular formula is C17H21ClN4OS. The molecule has 1 aliphatic heterocycles. The van der Waals surface area contributed by atoms with Crippen molar-refractivity contribution in [2.45, 2.75) is 26.3 Å². The van der Waals surface area contributed by atoms with E-state index in [4.69, 9.17) is 11.6 Å². The van der Waals surface area contributed by atoms with Crippen molar-refractivity contribution in [1.29, 1.82) is 0 Å². The summed E-state index contributed by atoms with van der Waals surface area (Å²) in [5, 5.41) is 0.932. The van der Waals surface area contributed by atoms with Crippen molar-refractivity contribution in [3.63, 3.8) is 0 Å². The molecule has 0 radical (unpaired) electrons. The van der Waals surface area contributed by atoms with E-state index in [0.29, 0.717) is 6.54 Å². The van der Waals surface area contributed by atoms with Gasteiger partial charge in [0.15, 0.2) is 0 Å². The fraction of sp³-hybridized carbons (Fsp3) is 0.471. The lowest BCUT2D eigenvalue weighted by atomic mass is 10.1. The van der Waals surface area contributed by atoms with Crippen LogP contribution in [0.1, 0.15) is 23.9 Å². The average Bonchev–Trinajstić information content (AvgIpc) is 3.05. The quantitative estimate of drug-likeness (QED) is 0.783. The van der Waals surface area contributed by atoms with Crippen molar-refractivity contribution in [1.82, 2.24) is 14.3 Å². The van der Waals surface area contributed by atoms with E-state index in [0.717, 1.165) is 30.5 Å². The number of anilines is 1. The van der Waals surface area contributed by atoms with Gasteiger partial charge in [-0.3, -0.25) is 4.79 Å². The lowest BCUT2D eigenvalue weighted by molar-refractivity contribution is -0.130. The minimum atomic E-state index is 0.00106. The molecule has 0 aliphatic carbocycles. The maximum Gasteiger partial charge on any atom is 0.237 e. The number of carbonyl (C=O) groups is 1. The Bertz CT molecular complexity index is 703. The largest absolute Gasteiger partial charge is 0.343 e. The van der Waals surface area contributed by atoms with Gasteiger partial charge in [-0.25, -0.2) is 4.98 Å². The highest BCUT2D eigenvalue weighted by Crippen LogP contribution is 2.22. The van der Waals surface area contributed by atoms with Crippen LogP contribution in [0.3, 0.4) is 0 Å². The molecule has 1 atom stereocenters. The molecule has 1 saturated heterocycles. The summed E-state index contributed by atoms with van der Waals surface area (Å²) in [6.45, 7) is 6.34. The average molecular weight is 365 g/mol. The standard InChI is InChI=1S/C17H21ClN4OS/c1-12-3-5-14(6-4-12)9-15-19-17(24-20-15)21-7-8-22(13(2)11-21)16(23)10-18/h3-6,13H,7-11H2,1-2H3/t13-/m0/s1. The summed E-state index contributed by atoms with van der Waals surface area (Å²) in [5.74, 6) is 0.899. The molecule has 0 unspecified atom stereocenters. The van der Waals surface area contributed by atoms with Crippen LogP contribution in [0.15, 0.2) is 24.3 Å². The second-order valence-electron chi connectivity index (χ2n) is 6.17. The van der Waals surface area contributed by atoms with Crippen LogP contribution in [-0.2, 0) is 11.2 Å². The number of amides is 1. The van der Waals surface area contributed by atoms with Crippen LogP contribution < -0.4 is 4.90 Å². The van der Waals surface area contributed by atoms with E-state index in [1.807, 2.05) is 11.8 Å². The zero-order chi connectivity index (χ0) is 17.1. The number of halogens is 1. The molecule has 1 aromatic carbocycles. The first-order valence-corrected chi connectivity index (χ1v) is 9.36. The number of hydrogen-bond acceptors (Lipinski definition) is 5. The van der Waals surface area contributed by atoms with Gasteiger partial charge in [0.05, 0.1) is 0 Å². The van der Waals surface area contributed by atoms with Crippen LogP contribution in [0.2, 0.25) is 0 Å². The van der Waals surface area contributed by atoms with Crippen molar-refractivity contribution in [3.05, 3.63) is 41.2 Å². The number of aryl methyl sites for hydroxylation is 1. The molecule has 5 nitrogen and oxygen atoms in total. The predicted octanol–water partition coefficient (Wildman–Crippen LogP) is 2.71. The van der Waals surface area contributed by atoms with Gasteiger partial charge < -0.3 is 9.80 Å². The van der Waals surface area contributed by atoms with Crippen molar-refractivity contribution in [2.75, 3.05) is 30.4 Å². The lowest BCUT2D eigenvalue weighted by Gasteiger charge is -2.39. The number of benzene rings is 1. The molecule has 24 heavy (non-hydrogen) atoms. The molecule has 1 aliphatic rings. The number of alkyl halides is 1. The first-order chi connectivity index (χ1) is 11.6. The second kappa shape index (κ2) is 7.49. The van der Waals surface area contributed by atoms with Crippen molar-refractivity contribution in [3.8, 4) is 0 Å². The Hall–Kier alpha value is -1.66. The van der Waals surface area contributed by atoms with Crippen LogP contribution >= 0.6 is 23.1 Å². The Morgan fingerprint density at radius 3 is 2.75 bits per heavy atom. The van der Waals surface area contributed by atoms with Crippen molar-refractivity contribution < 1.29 is 4.79 Å². The number of rotatable bonds is 4. The van der Waals surface area contributed by atoms with Gasteiger partial charge in [0.1, 0.15) is 11.7 Å². The number of aromatic nitrogens is 2. The van der Waals surface area contributed by atoms with Crippen LogP contribution in [0.4, 0.5) is 5.13 Å². The summed E-state index contributed by atoms with van der Waals surface area (Å²) >= 11 is 7.10. The second-order valence-corrected chi connectivity index (χ2v) is 7.17. The molecule has 2 heterocycles. The van der Waals surface area contributed by atoms with Crippen LogP contribution in [0, 0.1) is 6.92 Å². The summed E-state index contributed by atoms with van der Waals surface area (Å²) in [4.78, 5) is 20.5. The van der Waals surface area contributed by atoms with E-state index < -0.39 is 0 Å². The highest BCUT2D eigenvalue weighted by Gasteiger charge is 2.28. The molecule has 1 aromatic heterocycles. The van der Waals surface area contributed by atoms with Crippen LogP contribution in [0.25, 0.3) is 0 Å². The zero-order valence-electron chi connectivity index (χ0n) is 13.9. The Kier molecular flexibility index (Phi) is 5.36. The summed E-state index contributed by atoms with van der Waals surface area (Å²) in [6.07, 6.45) is 0.747. The van der Waals surface area contributed by atoms with Gasteiger partial charge in [-0.2, -0.15) is 4.37 Å². The maximum atomic E-state index is 11.8. The SMILES string of the molecule is Cc1ccc(Cc2nsc(N3CCN(C(=O)CCl)[C@@H](C)C3)n2)cc1. The number of carbonyl (C=O) groups excluding carboxylic acids is 1. The van der Waals surface area contributed by atoms with E-state index in [1.165, 1.54) is 22.7 Å². The third-order valence-electron chi connectivity index (χ3n) is 4.27. The first-order valence-electron chi connectivity index (χ1n) is 8.05. The lowest BCUT2D eigenvalue weighted by Crippen LogP contribution is -2.54. The number of nitrogens with zero attached hydrogens (tertiary/aromatic N) is 4. The van der Waals surface area contributed by atoms with Crippen molar-refractivity contribution >= 4 is 34.2 Å². The predicted molar refractivity (Wildman–Crippen MR) is 98.0 cm³/mol. The highest BCUT2D eigenvalue weighted by atomic mass is 35.5. The van der Waals surface area contributed by atoms with Gasteiger partial charge in [-0.15, -0.1) is 11.6 Å². The molecule has 2 aromatic rings. The van der Waals surface area contributed by atoms with Crippen LogP contribution in [-0.4, -0.2) is 51.7 Å². The smallest absolute Gasteiger partial charge is 0.237 e. The molecule has 0 bridgehead atoms. The van der Waals surface area contributed by atoms with Gasteiger partial charge >= 0.3 is 0 Å². The summed E-state index contributed by atoms with van der Waals surface area (Å²) in [5.41, 5.74) is 2.47. The Labute approximate surface area is 151 Å². The molecule has 128 valence electrons. The third-order valence-corrected chi connectivity index (χ3v) is 5.32. The zero-order valence-corrected chi connectivity index (χ0v) is 15.5. The number of hydrogen-bond donors (Lipinski definition) is 0. The van der Waals surface area contributed by atoms with E-state index in [9.17, 15) is 4.79 Å². The normalized spacial score (nSPS) is 18.0. The fourth-order valence-electron chi connectivity index (χ4n) is 2.91. The minimum absolute atomic E-state index is 0.00106. The molecule has 0 spiro atoms. The van der Waals surface area contributed by atoms with E-state index >= 15 is 0 Å². The Morgan fingerprint density at radius 2 is 2.08 bits per heavy atom. The van der Waals surface area contributed by atoms with Gasteiger partial charge in [0.2, 0.25) is 11.0 Å². The molecule has 1 fully saturated rings. The van der Waals surface area contributed by atoms with Gasteiger partial charge in [-0.05, 0) is 19.4 Å². The third kappa shape index (κ3) is 3.87. The van der Waals surface area contributed by atoms with Crippen LogP contribution in [0.5, 0.6) is 0 Å². The Balaban J connectivity index is 1.63. The topological polar surface area (TPSA) is 49.3 Å². The van der Waals surface area contributed by atoms with Gasteiger partial charge in [-0.1, -0.05) is 29.8 Å². The molecule has 0 saturated carbocycles. The van der Waals surface area contributed by atoms with Gasteiger partial charge in [0.25, 0.3) is 0 Å². The van der Waals surface area contributed by atoms with E-state index in [1.54, 1.807) is 0 Å². The fourth-order valence-corrected chi connectivity index (χ4v) is 3.79. The summed E-state index contributed by atoms with van der Waals surface area (Å²) in [7, 11) is 0. The highest BCUT2D eigenvalue weighted by molar-refractivity contribution is 7.09. The molecule has 3 rings (SSSR count). The van der Waals surface area contributed by atoms with Crippen molar-refractivity contribution in [2.24, 2.45) is 0 Å². The molecule has 7 heteroatoms.